The molecule has 0 aliphatic carbocycles. The maximum Gasteiger partial charge on any atom is 0.238 e. The van der Waals surface area contributed by atoms with E-state index in [-0.39, 0.29) is 5.91 Å². The molecule has 2 unspecified atom stereocenters. The topological polar surface area (TPSA) is 52.9 Å². The van der Waals surface area contributed by atoms with E-state index >= 15 is 0 Å². The molecular weight excluding hydrogens is 164 g/mol. The summed E-state index contributed by atoms with van der Waals surface area (Å²) >= 11 is 0. The van der Waals surface area contributed by atoms with Crippen LogP contribution < -0.4 is 5.32 Å². The lowest BCUT2D eigenvalue weighted by Crippen LogP contribution is -2.46. The molecule has 0 saturated carbocycles. The van der Waals surface area contributed by atoms with E-state index in [9.17, 15) is 4.79 Å². The molecule has 0 radical (unpaired) electrons. The predicted octanol–water partition coefficient (Wildman–Crippen LogP) is 1.06. The Kier molecular flexibility index (Phi) is 4.01. The second kappa shape index (κ2) is 4.52. The van der Waals surface area contributed by atoms with Crippen molar-refractivity contribution >= 4 is 5.91 Å². The van der Waals surface area contributed by atoms with Crippen molar-refractivity contribution in [3.05, 3.63) is 0 Å². The second-order valence-corrected chi connectivity index (χ2v) is 3.17. The molecule has 0 heterocycles. The van der Waals surface area contributed by atoms with E-state index in [4.69, 9.17) is 11.7 Å². The summed E-state index contributed by atoms with van der Waals surface area (Å²) in [5.74, 6) is 1.53. The van der Waals surface area contributed by atoms with Crippen LogP contribution in [0.2, 0.25) is 0 Å². The average molecular weight is 178 g/mol. The fraction of sp³-hybridized carbons (Fsp3) is 0.600. The molecule has 70 valence electrons. The zero-order chi connectivity index (χ0) is 10.5. The Bertz CT molecular complexity index is 272. The number of carbonyl (C=O) groups is 1. The maximum absolute atomic E-state index is 11.3. The van der Waals surface area contributed by atoms with E-state index in [2.05, 4.69) is 11.2 Å². The van der Waals surface area contributed by atoms with Crippen LogP contribution in [0.5, 0.6) is 0 Å². The summed E-state index contributed by atoms with van der Waals surface area (Å²) in [6.07, 6.45) is 5.91. The number of amides is 1. The van der Waals surface area contributed by atoms with Crippen LogP contribution in [0.1, 0.15) is 27.2 Å². The molecular formula is C10H14N2O. The van der Waals surface area contributed by atoms with Gasteiger partial charge in [-0.3, -0.25) is 4.79 Å². The Labute approximate surface area is 79.1 Å². The normalized spacial score (nSPS) is 16.1. The van der Waals surface area contributed by atoms with Gasteiger partial charge < -0.3 is 5.32 Å². The summed E-state index contributed by atoms with van der Waals surface area (Å²) in [6, 6.07) is 1.85. The molecule has 0 spiro atoms. The van der Waals surface area contributed by atoms with Crippen LogP contribution in [0.4, 0.5) is 0 Å². The van der Waals surface area contributed by atoms with Gasteiger partial charge in [-0.25, -0.2) is 0 Å². The van der Waals surface area contributed by atoms with Crippen LogP contribution in [0, 0.1) is 29.6 Å². The number of terminal acetylenes is 1. The van der Waals surface area contributed by atoms with Gasteiger partial charge in [0.15, 0.2) is 0 Å². The van der Waals surface area contributed by atoms with Crippen LogP contribution >= 0.6 is 0 Å². The maximum atomic E-state index is 11.3. The number of rotatable bonds is 3. The third kappa shape index (κ3) is 3.17. The van der Waals surface area contributed by atoms with Gasteiger partial charge in [-0.2, -0.15) is 5.26 Å². The van der Waals surface area contributed by atoms with Gasteiger partial charge in [-0.05, 0) is 20.3 Å². The first kappa shape index (κ1) is 11.5. The van der Waals surface area contributed by atoms with Crippen LogP contribution in [0.25, 0.3) is 0 Å². The first-order valence-electron chi connectivity index (χ1n) is 4.18. The Morgan fingerprint density at radius 1 is 1.77 bits per heavy atom. The van der Waals surface area contributed by atoms with Gasteiger partial charge in [0, 0.05) is 0 Å². The van der Waals surface area contributed by atoms with Gasteiger partial charge >= 0.3 is 0 Å². The van der Waals surface area contributed by atoms with E-state index in [1.165, 1.54) is 0 Å². The van der Waals surface area contributed by atoms with Crippen molar-refractivity contribution in [2.24, 2.45) is 5.92 Å². The molecule has 0 aliphatic heterocycles. The van der Waals surface area contributed by atoms with Crippen molar-refractivity contribution in [2.75, 3.05) is 0 Å². The number of hydrogen-bond acceptors (Lipinski definition) is 2. The molecule has 0 bridgehead atoms. The summed E-state index contributed by atoms with van der Waals surface area (Å²) < 4.78 is 0. The fourth-order valence-electron chi connectivity index (χ4n) is 0.665. The van der Waals surface area contributed by atoms with Gasteiger partial charge in [0.2, 0.25) is 5.91 Å². The zero-order valence-electron chi connectivity index (χ0n) is 8.22. The van der Waals surface area contributed by atoms with Crippen molar-refractivity contribution in [1.29, 1.82) is 5.26 Å². The highest BCUT2D eigenvalue weighted by molar-refractivity contribution is 5.81. The second-order valence-electron chi connectivity index (χ2n) is 3.17. The molecule has 1 amide bonds. The first-order chi connectivity index (χ1) is 5.99. The number of carbonyl (C=O) groups excluding carboxylic acids is 1. The van der Waals surface area contributed by atoms with E-state index < -0.39 is 11.5 Å². The van der Waals surface area contributed by atoms with Gasteiger partial charge in [-0.15, -0.1) is 6.42 Å². The zero-order valence-corrected chi connectivity index (χ0v) is 8.22. The van der Waals surface area contributed by atoms with Gasteiger partial charge in [0.05, 0.1) is 11.6 Å². The molecule has 0 aromatic carbocycles. The molecule has 0 saturated heterocycles. The SMILES string of the molecule is C#CC(C)(CC)NC(=O)C(C)C#N. The minimum absolute atomic E-state index is 0.315. The van der Waals surface area contributed by atoms with Crippen molar-refractivity contribution in [3.8, 4) is 18.4 Å². The molecule has 0 aliphatic rings. The summed E-state index contributed by atoms with van der Waals surface area (Å²) in [6.45, 7) is 5.19. The highest BCUT2D eigenvalue weighted by atomic mass is 16.2. The summed E-state index contributed by atoms with van der Waals surface area (Å²) in [4.78, 5) is 11.3. The lowest BCUT2D eigenvalue weighted by Gasteiger charge is -2.23. The first-order valence-corrected chi connectivity index (χ1v) is 4.18. The van der Waals surface area contributed by atoms with E-state index in [0.29, 0.717) is 6.42 Å². The summed E-state index contributed by atoms with van der Waals surface area (Å²) in [7, 11) is 0. The number of nitriles is 1. The van der Waals surface area contributed by atoms with E-state index in [1.54, 1.807) is 13.8 Å². The molecule has 0 rings (SSSR count). The molecule has 0 aromatic heterocycles. The number of hydrogen-bond donors (Lipinski definition) is 1. The highest BCUT2D eigenvalue weighted by Gasteiger charge is 2.23. The third-order valence-electron chi connectivity index (χ3n) is 2.01. The van der Waals surface area contributed by atoms with Crippen molar-refractivity contribution in [3.63, 3.8) is 0 Å². The van der Waals surface area contributed by atoms with Crippen LogP contribution in [0.15, 0.2) is 0 Å². The summed E-state index contributed by atoms with van der Waals surface area (Å²) in [5.41, 5.74) is -0.637. The molecule has 0 fully saturated rings. The highest BCUT2D eigenvalue weighted by Crippen LogP contribution is 2.08. The fourth-order valence-corrected chi connectivity index (χ4v) is 0.665. The van der Waals surface area contributed by atoms with Crippen LogP contribution in [-0.2, 0) is 4.79 Å². The lowest BCUT2D eigenvalue weighted by molar-refractivity contribution is -0.124. The van der Waals surface area contributed by atoms with Gasteiger partial charge in [-0.1, -0.05) is 12.8 Å². The Hall–Kier alpha value is -1.48. The van der Waals surface area contributed by atoms with Crippen molar-refractivity contribution in [2.45, 2.75) is 32.7 Å². The molecule has 1 N–H and O–H groups in total. The third-order valence-corrected chi connectivity index (χ3v) is 2.01. The minimum Gasteiger partial charge on any atom is -0.339 e. The largest absolute Gasteiger partial charge is 0.339 e. The van der Waals surface area contributed by atoms with Crippen molar-refractivity contribution in [1.82, 2.24) is 5.32 Å². The standard InChI is InChI=1S/C10H14N2O/c1-5-10(4,6-2)12-9(13)8(3)7-11/h1,8H,6H2,2-4H3,(H,12,13). The molecule has 13 heavy (non-hydrogen) atoms. The Balaban J connectivity index is 4.39. The summed E-state index contributed by atoms with van der Waals surface area (Å²) in [5, 5.41) is 11.1. The predicted molar refractivity (Wildman–Crippen MR) is 50.4 cm³/mol. The van der Waals surface area contributed by atoms with E-state index in [0.717, 1.165) is 0 Å². The number of nitrogens with one attached hydrogen (secondary N) is 1. The Morgan fingerprint density at radius 2 is 2.31 bits per heavy atom. The monoisotopic (exact) mass is 178 g/mol. The number of nitrogens with zero attached hydrogens (tertiary/aromatic N) is 1. The van der Waals surface area contributed by atoms with Crippen molar-refractivity contribution < 1.29 is 4.79 Å². The lowest BCUT2D eigenvalue weighted by atomic mass is 9.99. The Morgan fingerprint density at radius 3 is 2.62 bits per heavy atom. The molecule has 3 heteroatoms. The average Bonchev–Trinajstić information content (AvgIpc) is 2.16. The quantitative estimate of drug-likeness (QED) is 0.657. The van der Waals surface area contributed by atoms with Gasteiger partial charge in [0.25, 0.3) is 0 Å². The molecule has 2 atom stereocenters. The molecule has 0 aromatic rings. The van der Waals surface area contributed by atoms with E-state index in [1.807, 2.05) is 13.0 Å². The van der Waals surface area contributed by atoms with Crippen LogP contribution in [0.3, 0.4) is 0 Å². The molecule has 3 nitrogen and oxygen atoms in total. The van der Waals surface area contributed by atoms with Crippen LogP contribution in [-0.4, -0.2) is 11.4 Å². The minimum atomic E-state index is -0.653. The smallest absolute Gasteiger partial charge is 0.238 e. The van der Waals surface area contributed by atoms with Gasteiger partial charge in [0.1, 0.15) is 5.92 Å².